The predicted octanol–water partition coefficient (Wildman–Crippen LogP) is 0.284. The molecule has 0 aliphatic rings. The molecular weight excluding hydrogens is 210 g/mol. The Labute approximate surface area is 81.2 Å². The van der Waals surface area contributed by atoms with E-state index in [0.717, 1.165) is 15.6 Å². The van der Waals surface area contributed by atoms with Gasteiger partial charge in [0.05, 0.1) is 5.69 Å². The third-order valence-electron chi connectivity index (χ3n) is 1.49. The molecule has 0 fully saturated rings. The second-order valence-electron chi connectivity index (χ2n) is 2.71. The molecule has 1 aromatic heterocycles. The molecule has 0 aromatic carbocycles. The van der Waals surface area contributed by atoms with Crippen molar-refractivity contribution >= 4 is 26.5 Å². The lowest BCUT2D eigenvalue weighted by Crippen LogP contribution is -2.21. The zero-order valence-electron chi connectivity index (χ0n) is 7.60. The highest BCUT2D eigenvalue weighted by atomic mass is 32.2. The molecule has 0 atom stereocenters. The van der Waals surface area contributed by atoms with Crippen molar-refractivity contribution in [2.75, 3.05) is 19.8 Å². The van der Waals surface area contributed by atoms with Crippen molar-refractivity contribution in [1.29, 1.82) is 0 Å². The van der Waals surface area contributed by atoms with E-state index in [9.17, 15) is 8.42 Å². The third kappa shape index (κ3) is 1.82. The zero-order valence-corrected chi connectivity index (χ0v) is 9.24. The van der Waals surface area contributed by atoms with E-state index in [-0.39, 0.29) is 9.34 Å². The molecule has 0 aliphatic heterocycles. The van der Waals surface area contributed by atoms with Gasteiger partial charge in [-0.3, -0.25) is 0 Å². The van der Waals surface area contributed by atoms with Gasteiger partial charge in [0.15, 0.2) is 9.34 Å². The molecule has 0 aliphatic carbocycles. The lowest BCUT2D eigenvalue weighted by Gasteiger charge is -2.08. The van der Waals surface area contributed by atoms with Crippen LogP contribution in [0.2, 0.25) is 0 Å². The third-order valence-corrected chi connectivity index (χ3v) is 4.87. The highest BCUT2D eigenvalue weighted by molar-refractivity contribution is 7.91. The first-order chi connectivity index (χ1) is 5.85. The Morgan fingerprint density at radius 3 is 2.31 bits per heavy atom. The van der Waals surface area contributed by atoms with Crippen LogP contribution in [0.25, 0.3) is 0 Å². The monoisotopic (exact) mass is 221 g/mol. The van der Waals surface area contributed by atoms with E-state index in [1.165, 1.54) is 14.1 Å². The van der Waals surface area contributed by atoms with Crippen LogP contribution in [0.3, 0.4) is 0 Å². The summed E-state index contributed by atoms with van der Waals surface area (Å²) in [6, 6.07) is 0. The number of aryl methyl sites for hydroxylation is 1. The Kier molecular flexibility index (Phi) is 2.60. The fourth-order valence-electron chi connectivity index (χ4n) is 0.808. The van der Waals surface area contributed by atoms with Crippen molar-refractivity contribution in [1.82, 2.24) is 9.29 Å². The maximum atomic E-state index is 11.6. The molecule has 0 spiro atoms. The number of rotatable bonds is 2. The van der Waals surface area contributed by atoms with Gasteiger partial charge in [-0.15, -0.1) is 0 Å². The summed E-state index contributed by atoms with van der Waals surface area (Å²) in [6.07, 6.45) is 0. The van der Waals surface area contributed by atoms with Gasteiger partial charge in [-0.05, 0) is 6.92 Å². The van der Waals surface area contributed by atoms with Crippen LogP contribution in [-0.2, 0) is 10.0 Å². The van der Waals surface area contributed by atoms with Crippen molar-refractivity contribution in [2.45, 2.75) is 11.1 Å². The van der Waals surface area contributed by atoms with E-state index in [2.05, 4.69) is 4.98 Å². The smallest absolute Gasteiger partial charge is 0.254 e. The van der Waals surface area contributed by atoms with E-state index < -0.39 is 10.0 Å². The number of thiazole rings is 1. The van der Waals surface area contributed by atoms with Crippen molar-refractivity contribution in [3.8, 4) is 0 Å². The molecular formula is C6H11N3O2S2. The lowest BCUT2D eigenvalue weighted by molar-refractivity contribution is 0.522. The molecule has 0 saturated carbocycles. The first-order valence-electron chi connectivity index (χ1n) is 3.51. The molecule has 74 valence electrons. The predicted molar refractivity (Wildman–Crippen MR) is 52.1 cm³/mol. The van der Waals surface area contributed by atoms with Crippen LogP contribution < -0.4 is 5.73 Å². The fraction of sp³-hybridized carbons (Fsp3) is 0.500. The average Bonchev–Trinajstić information content (AvgIpc) is 2.30. The van der Waals surface area contributed by atoms with Crippen LogP contribution in [0.1, 0.15) is 5.69 Å². The number of nitrogen functional groups attached to an aromatic ring is 1. The largest absolute Gasteiger partial charge is 0.375 e. The number of hydrogen-bond donors (Lipinski definition) is 1. The van der Waals surface area contributed by atoms with Crippen LogP contribution in [0.15, 0.2) is 4.21 Å². The first-order valence-corrected chi connectivity index (χ1v) is 5.77. The second kappa shape index (κ2) is 3.24. The molecule has 5 nitrogen and oxygen atoms in total. The normalized spacial score (nSPS) is 12.3. The Bertz CT molecular complexity index is 408. The van der Waals surface area contributed by atoms with Gasteiger partial charge in [0.2, 0.25) is 0 Å². The van der Waals surface area contributed by atoms with Gasteiger partial charge in [-0.1, -0.05) is 11.3 Å². The van der Waals surface area contributed by atoms with Crippen molar-refractivity contribution < 1.29 is 8.42 Å². The quantitative estimate of drug-likeness (QED) is 0.778. The van der Waals surface area contributed by atoms with E-state index in [1.54, 1.807) is 6.92 Å². The van der Waals surface area contributed by atoms with Crippen LogP contribution in [0.4, 0.5) is 5.13 Å². The summed E-state index contributed by atoms with van der Waals surface area (Å²) in [5, 5.41) is 0.276. The number of hydrogen-bond acceptors (Lipinski definition) is 5. The van der Waals surface area contributed by atoms with Gasteiger partial charge in [0.1, 0.15) is 0 Å². The van der Waals surface area contributed by atoms with Crippen LogP contribution in [0, 0.1) is 6.92 Å². The van der Waals surface area contributed by atoms with Crippen LogP contribution >= 0.6 is 11.3 Å². The van der Waals surface area contributed by atoms with Gasteiger partial charge in [0, 0.05) is 14.1 Å². The minimum absolute atomic E-state index is 0.218. The minimum atomic E-state index is -3.38. The van der Waals surface area contributed by atoms with Crippen molar-refractivity contribution in [3.05, 3.63) is 5.69 Å². The topological polar surface area (TPSA) is 76.3 Å². The second-order valence-corrected chi connectivity index (χ2v) is 6.09. The Hall–Kier alpha value is -0.660. The zero-order chi connectivity index (χ0) is 10.2. The van der Waals surface area contributed by atoms with E-state index >= 15 is 0 Å². The Morgan fingerprint density at radius 1 is 1.46 bits per heavy atom. The summed E-state index contributed by atoms with van der Waals surface area (Å²) in [5.41, 5.74) is 5.86. The highest BCUT2D eigenvalue weighted by Crippen LogP contribution is 2.26. The van der Waals surface area contributed by atoms with Gasteiger partial charge >= 0.3 is 0 Å². The first kappa shape index (κ1) is 10.4. The molecule has 7 heteroatoms. The number of nitrogens with zero attached hydrogens (tertiary/aromatic N) is 2. The van der Waals surface area contributed by atoms with Gasteiger partial charge in [-0.25, -0.2) is 17.7 Å². The molecule has 0 radical (unpaired) electrons. The number of anilines is 1. The number of aromatic nitrogens is 1. The molecule has 13 heavy (non-hydrogen) atoms. The number of nitrogens with two attached hydrogens (primary N) is 1. The summed E-state index contributed by atoms with van der Waals surface area (Å²) >= 11 is 0.987. The Morgan fingerprint density at radius 2 is 2.00 bits per heavy atom. The lowest BCUT2D eigenvalue weighted by atomic mass is 10.6. The average molecular weight is 221 g/mol. The van der Waals surface area contributed by atoms with Crippen molar-refractivity contribution in [3.63, 3.8) is 0 Å². The van der Waals surface area contributed by atoms with E-state index in [4.69, 9.17) is 5.73 Å². The molecule has 2 N–H and O–H groups in total. The van der Waals surface area contributed by atoms with Gasteiger partial charge in [0.25, 0.3) is 10.0 Å². The minimum Gasteiger partial charge on any atom is -0.375 e. The van der Waals surface area contributed by atoms with E-state index in [0.29, 0.717) is 5.69 Å². The molecule has 0 unspecified atom stereocenters. The van der Waals surface area contributed by atoms with Crippen LogP contribution in [0.5, 0.6) is 0 Å². The van der Waals surface area contributed by atoms with Crippen LogP contribution in [-0.4, -0.2) is 31.8 Å². The standard InChI is InChI=1S/C6H11N3O2S2/c1-4-5(12-6(7)8-4)13(10,11)9(2)3/h1-3H3,(H2,7,8). The highest BCUT2D eigenvalue weighted by Gasteiger charge is 2.23. The van der Waals surface area contributed by atoms with E-state index in [1.807, 2.05) is 0 Å². The van der Waals surface area contributed by atoms with Crippen molar-refractivity contribution in [2.24, 2.45) is 0 Å². The maximum absolute atomic E-state index is 11.6. The summed E-state index contributed by atoms with van der Waals surface area (Å²) in [5.74, 6) is 0. The summed E-state index contributed by atoms with van der Waals surface area (Å²) < 4.78 is 24.6. The van der Waals surface area contributed by atoms with Gasteiger partial charge in [-0.2, -0.15) is 0 Å². The summed E-state index contributed by atoms with van der Waals surface area (Å²) in [6.45, 7) is 1.63. The molecule has 1 rings (SSSR count). The maximum Gasteiger partial charge on any atom is 0.254 e. The molecule has 1 heterocycles. The molecule has 0 saturated heterocycles. The fourth-order valence-corrected chi connectivity index (χ4v) is 3.25. The number of sulfonamides is 1. The molecule has 1 aromatic rings. The SMILES string of the molecule is Cc1nc(N)sc1S(=O)(=O)N(C)C. The molecule has 0 bridgehead atoms. The Balaban J connectivity index is 3.31. The summed E-state index contributed by atoms with van der Waals surface area (Å²) in [4.78, 5) is 3.85. The summed E-state index contributed by atoms with van der Waals surface area (Å²) in [7, 11) is -0.424. The van der Waals surface area contributed by atoms with Gasteiger partial charge < -0.3 is 5.73 Å². The molecule has 0 amide bonds.